The molecule has 0 aromatic heterocycles. The first-order valence-corrected chi connectivity index (χ1v) is 8.78. The van der Waals surface area contributed by atoms with Gasteiger partial charge in [-0.2, -0.15) is 0 Å². The van der Waals surface area contributed by atoms with Crippen LogP contribution >= 0.6 is 0 Å². The fourth-order valence-corrected chi connectivity index (χ4v) is 3.27. The quantitative estimate of drug-likeness (QED) is 0.710. The molecule has 1 aliphatic heterocycles. The summed E-state index contributed by atoms with van der Waals surface area (Å²) in [5.74, 6) is -3.25. The molecular weight excluding hydrogens is 353 g/mol. The largest absolute Gasteiger partial charge is 0.497 e. The predicted octanol–water partition coefficient (Wildman–Crippen LogP) is 3.41. The average Bonchev–Trinajstić information content (AvgIpc) is 2.61. The van der Waals surface area contributed by atoms with Crippen LogP contribution in [0.3, 0.4) is 0 Å². The number of methoxy groups -OCH3 is 1. The van der Waals surface area contributed by atoms with Gasteiger partial charge in [-0.3, -0.25) is 9.79 Å². The molecule has 2 unspecified atom stereocenters. The second-order valence-electron chi connectivity index (χ2n) is 6.07. The highest BCUT2D eigenvalue weighted by Gasteiger charge is 2.43. The van der Waals surface area contributed by atoms with Crippen molar-refractivity contribution in [3.63, 3.8) is 0 Å². The molecule has 27 heavy (non-hydrogen) atoms. The lowest BCUT2D eigenvalue weighted by molar-refractivity contribution is -0.146. The maximum absolute atomic E-state index is 14.9. The highest BCUT2D eigenvalue weighted by Crippen LogP contribution is 2.41. The number of esters is 2. The lowest BCUT2D eigenvalue weighted by Crippen LogP contribution is -2.37. The van der Waals surface area contributed by atoms with Crippen molar-refractivity contribution in [1.29, 1.82) is 0 Å². The van der Waals surface area contributed by atoms with Crippen LogP contribution in [0, 0.1) is 11.7 Å². The van der Waals surface area contributed by atoms with Gasteiger partial charge in [-0.1, -0.05) is 6.07 Å². The maximum atomic E-state index is 14.9. The Balaban J connectivity index is 2.67. The van der Waals surface area contributed by atoms with E-state index in [2.05, 4.69) is 4.99 Å². The molecule has 0 radical (unpaired) electrons. The summed E-state index contributed by atoms with van der Waals surface area (Å²) in [4.78, 5) is 29.6. The molecule has 0 N–H and O–H groups in total. The van der Waals surface area contributed by atoms with Gasteiger partial charge in [0.15, 0.2) is 0 Å². The Morgan fingerprint density at radius 1 is 1.15 bits per heavy atom. The van der Waals surface area contributed by atoms with Gasteiger partial charge in [0.2, 0.25) is 0 Å². The highest BCUT2D eigenvalue weighted by atomic mass is 19.1. The maximum Gasteiger partial charge on any atom is 0.336 e. The van der Waals surface area contributed by atoms with Crippen molar-refractivity contribution in [2.75, 3.05) is 20.3 Å². The molecular formula is C20H24FNO5. The van der Waals surface area contributed by atoms with E-state index in [1.165, 1.54) is 19.2 Å². The third-order valence-corrected chi connectivity index (χ3v) is 4.41. The first-order valence-electron chi connectivity index (χ1n) is 8.78. The molecule has 1 heterocycles. The van der Waals surface area contributed by atoms with Gasteiger partial charge < -0.3 is 14.2 Å². The summed E-state index contributed by atoms with van der Waals surface area (Å²) in [6, 6.07) is 4.31. The van der Waals surface area contributed by atoms with Crippen molar-refractivity contribution in [2.45, 2.75) is 33.6 Å². The van der Waals surface area contributed by atoms with Crippen LogP contribution in [0.5, 0.6) is 5.75 Å². The normalized spacial score (nSPS) is 19.4. The SMILES string of the molecule is CCOC(=O)C1=C(C)N=C(C)C(C(=O)OCC)C1c1ccc(OC)cc1F. The minimum absolute atomic E-state index is 0.153. The summed E-state index contributed by atoms with van der Waals surface area (Å²) in [5, 5.41) is 0. The lowest BCUT2D eigenvalue weighted by atomic mass is 9.75. The van der Waals surface area contributed by atoms with Crippen molar-refractivity contribution in [2.24, 2.45) is 10.9 Å². The number of carbonyl (C=O) groups excluding carboxylic acids is 2. The van der Waals surface area contributed by atoms with E-state index >= 15 is 0 Å². The number of allylic oxidation sites excluding steroid dienone is 1. The van der Waals surface area contributed by atoms with E-state index in [1.807, 2.05) is 0 Å². The van der Waals surface area contributed by atoms with Crippen molar-refractivity contribution < 1.29 is 28.2 Å². The van der Waals surface area contributed by atoms with Gasteiger partial charge in [0.25, 0.3) is 0 Å². The molecule has 0 saturated carbocycles. The second-order valence-corrected chi connectivity index (χ2v) is 6.07. The van der Waals surface area contributed by atoms with Gasteiger partial charge in [0, 0.05) is 23.4 Å². The molecule has 146 valence electrons. The van der Waals surface area contributed by atoms with E-state index in [1.54, 1.807) is 33.8 Å². The van der Waals surface area contributed by atoms with Gasteiger partial charge in [0.1, 0.15) is 17.5 Å². The average molecular weight is 377 g/mol. The van der Waals surface area contributed by atoms with Crippen LogP contribution < -0.4 is 4.74 Å². The second kappa shape index (κ2) is 8.79. The molecule has 1 aromatic carbocycles. The summed E-state index contributed by atoms with van der Waals surface area (Å²) in [7, 11) is 1.43. The van der Waals surface area contributed by atoms with E-state index in [-0.39, 0.29) is 24.4 Å². The number of rotatable bonds is 6. The fourth-order valence-electron chi connectivity index (χ4n) is 3.27. The topological polar surface area (TPSA) is 74.2 Å². The van der Waals surface area contributed by atoms with Gasteiger partial charge in [0.05, 0.1) is 25.9 Å². The zero-order valence-electron chi connectivity index (χ0n) is 16.2. The van der Waals surface area contributed by atoms with E-state index in [4.69, 9.17) is 14.2 Å². The zero-order chi connectivity index (χ0) is 20.1. The van der Waals surface area contributed by atoms with Gasteiger partial charge >= 0.3 is 11.9 Å². The van der Waals surface area contributed by atoms with Crippen molar-refractivity contribution in [3.05, 3.63) is 40.8 Å². The molecule has 1 aliphatic rings. The number of nitrogens with zero attached hydrogens (tertiary/aromatic N) is 1. The summed E-state index contributed by atoms with van der Waals surface area (Å²) in [6.45, 7) is 6.99. The molecule has 1 aromatic rings. The van der Waals surface area contributed by atoms with Crippen molar-refractivity contribution in [1.82, 2.24) is 0 Å². The third kappa shape index (κ3) is 4.18. The van der Waals surface area contributed by atoms with E-state index in [9.17, 15) is 14.0 Å². The van der Waals surface area contributed by atoms with Gasteiger partial charge in [-0.15, -0.1) is 0 Å². The van der Waals surface area contributed by atoms with Crippen molar-refractivity contribution >= 4 is 17.7 Å². The zero-order valence-corrected chi connectivity index (χ0v) is 16.2. The Hall–Kier alpha value is -2.70. The minimum Gasteiger partial charge on any atom is -0.497 e. The monoisotopic (exact) mass is 377 g/mol. The van der Waals surface area contributed by atoms with E-state index in [0.29, 0.717) is 17.2 Å². The molecule has 0 fully saturated rings. The summed E-state index contributed by atoms with van der Waals surface area (Å²) < 4.78 is 30.2. The minimum atomic E-state index is -0.920. The Bertz CT molecular complexity index is 800. The molecule has 2 rings (SSSR count). The molecule has 0 bridgehead atoms. The first kappa shape index (κ1) is 20.6. The fraction of sp³-hybridized carbons (Fsp3) is 0.450. The smallest absolute Gasteiger partial charge is 0.336 e. The van der Waals surface area contributed by atoms with Crippen LogP contribution in [-0.2, 0) is 19.1 Å². The van der Waals surface area contributed by atoms with E-state index in [0.717, 1.165) is 0 Å². The van der Waals surface area contributed by atoms with Crippen LogP contribution in [0.2, 0.25) is 0 Å². The first-order chi connectivity index (χ1) is 12.8. The number of hydrogen-bond donors (Lipinski definition) is 0. The van der Waals surface area contributed by atoms with Gasteiger partial charge in [-0.25, -0.2) is 9.18 Å². The van der Waals surface area contributed by atoms with Crippen LogP contribution in [0.25, 0.3) is 0 Å². The standard InChI is InChI=1S/C20H24FNO5/c1-6-26-19(23)16-11(3)22-12(4)17(20(24)27-7-2)18(16)14-9-8-13(25-5)10-15(14)21/h8-10,16,18H,6-7H2,1-5H3. The van der Waals surface area contributed by atoms with Crippen LogP contribution in [0.1, 0.15) is 39.2 Å². The molecule has 0 aliphatic carbocycles. The summed E-state index contributed by atoms with van der Waals surface area (Å²) in [6.07, 6.45) is 0. The molecule has 6 nitrogen and oxygen atoms in total. The number of aliphatic imine (C=N–C) groups is 1. The highest BCUT2D eigenvalue weighted by molar-refractivity contribution is 6.07. The number of carbonyl (C=O) groups is 2. The Labute approximate surface area is 158 Å². The molecule has 2 atom stereocenters. The van der Waals surface area contributed by atoms with Crippen molar-refractivity contribution in [3.8, 4) is 5.75 Å². The number of hydrogen-bond acceptors (Lipinski definition) is 6. The Morgan fingerprint density at radius 2 is 1.81 bits per heavy atom. The molecule has 0 amide bonds. The number of halogens is 1. The van der Waals surface area contributed by atoms with E-state index < -0.39 is 29.6 Å². The molecule has 0 spiro atoms. The summed E-state index contributed by atoms with van der Waals surface area (Å²) in [5.41, 5.74) is 1.20. The third-order valence-electron chi connectivity index (χ3n) is 4.41. The summed E-state index contributed by atoms with van der Waals surface area (Å²) >= 11 is 0. The van der Waals surface area contributed by atoms with Crippen LogP contribution in [0.4, 0.5) is 4.39 Å². The molecule has 7 heteroatoms. The Morgan fingerprint density at radius 3 is 2.37 bits per heavy atom. The van der Waals surface area contributed by atoms with Crippen LogP contribution in [-0.4, -0.2) is 38.0 Å². The number of ether oxygens (including phenoxy) is 3. The number of benzene rings is 1. The Kier molecular flexibility index (Phi) is 6.71. The van der Waals surface area contributed by atoms with Crippen LogP contribution in [0.15, 0.2) is 34.5 Å². The lowest BCUT2D eigenvalue weighted by Gasteiger charge is -2.31. The molecule has 0 saturated heterocycles. The van der Waals surface area contributed by atoms with Gasteiger partial charge in [-0.05, 0) is 39.3 Å². The predicted molar refractivity (Wildman–Crippen MR) is 98.3 cm³/mol.